The maximum absolute atomic E-state index is 10.1. The molecule has 104 valence electrons. The van der Waals surface area contributed by atoms with E-state index < -0.39 is 0 Å². The van der Waals surface area contributed by atoms with Crippen molar-refractivity contribution in [1.29, 1.82) is 0 Å². The van der Waals surface area contributed by atoms with E-state index >= 15 is 0 Å². The third-order valence-corrected chi connectivity index (χ3v) is 3.69. The zero-order valence-corrected chi connectivity index (χ0v) is 11.4. The van der Waals surface area contributed by atoms with Gasteiger partial charge in [-0.15, -0.1) is 0 Å². The van der Waals surface area contributed by atoms with Crippen LogP contribution in [-0.4, -0.2) is 11.7 Å². The summed E-state index contributed by atoms with van der Waals surface area (Å²) >= 11 is 0. The number of nitrogens with one attached hydrogen (secondary N) is 1. The minimum Gasteiger partial charge on any atom is -0.507 e. The zero-order chi connectivity index (χ0) is 13.8. The molecule has 2 aromatic carbocycles. The number of hydrogen-bond donors (Lipinski definition) is 2. The molecule has 1 aliphatic heterocycles. The highest BCUT2D eigenvalue weighted by molar-refractivity contribution is 5.41. The lowest BCUT2D eigenvalue weighted by atomic mass is 10.0. The molecule has 0 spiro atoms. The molecule has 3 rings (SSSR count). The maximum atomic E-state index is 10.1. The van der Waals surface area contributed by atoms with Gasteiger partial charge in [0.2, 0.25) is 0 Å². The zero-order valence-electron chi connectivity index (χ0n) is 11.4. The smallest absolute Gasteiger partial charge is 0.124 e. The summed E-state index contributed by atoms with van der Waals surface area (Å²) in [6.45, 7) is 1.54. The Morgan fingerprint density at radius 1 is 1.15 bits per heavy atom. The van der Waals surface area contributed by atoms with Gasteiger partial charge in [0.25, 0.3) is 0 Å². The van der Waals surface area contributed by atoms with Gasteiger partial charge in [-0.3, -0.25) is 0 Å². The molecule has 1 atom stereocenters. The molecule has 0 bridgehead atoms. The molecule has 1 heterocycles. The molecule has 20 heavy (non-hydrogen) atoms. The van der Waals surface area contributed by atoms with Gasteiger partial charge in [-0.05, 0) is 31.0 Å². The van der Waals surface area contributed by atoms with E-state index in [0.29, 0.717) is 18.1 Å². The molecule has 3 nitrogen and oxygen atoms in total. The highest BCUT2D eigenvalue weighted by Gasteiger charge is 2.19. The molecule has 0 aliphatic carbocycles. The van der Waals surface area contributed by atoms with Gasteiger partial charge in [-0.1, -0.05) is 36.4 Å². The predicted molar refractivity (Wildman–Crippen MR) is 78.9 cm³/mol. The molecule has 1 saturated heterocycles. The molecule has 2 N–H and O–H groups in total. The van der Waals surface area contributed by atoms with E-state index in [1.54, 1.807) is 6.07 Å². The first-order valence-electron chi connectivity index (χ1n) is 7.06. The Labute approximate surface area is 119 Å². The van der Waals surface area contributed by atoms with Crippen molar-refractivity contribution in [2.75, 3.05) is 6.54 Å². The van der Waals surface area contributed by atoms with E-state index in [4.69, 9.17) is 4.74 Å². The van der Waals surface area contributed by atoms with Gasteiger partial charge in [0.1, 0.15) is 18.1 Å². The number of rotatable bonds is 4. The standard InChI is InChI=1S/C17H19NO2/c19-17-11-14(20-12-13-5-2-1-3-6-13)8-9-15(17)16-7-4-10-18-16/h1-3,5-6,8-9,11,16,18-19H,4,7,10,12H2. The summed E-state index contributed by atoms with van der Waals surface area (Å²) in [6, 6.07) is 15.9. The number of benzene rings is 2. The Morgan fingerprint density at radius 2 is 2.00 bits per heavy atom. The van der Waals surface area contributed by atoms with Gasteiger partial charge in [-0.2, -0.15) is 0 Å². The van der Waals surface area contributed by atoms with Crippen LogP contribution in [0.15, 0.2) is 48.5 Å². The number of aromatic hydroxyl groups is 1. The van der Waals surface area contributed by atoms with Gasteiger partial charge in [0.15, 0.2) is 0 Å². The Bertz CT molecular complexity index is 562. The lowest BCUT2D eigenvalue weighted by Crippen LogP contribution is -2.12. The average molecular weight is 269 g/mol. The van der Waals surface area contributed by atoms with Crippen molar-refractivity contribution in [3.8, 4) is 11.5 Å². The fraction of sp³-hybridized carbons (Fsp3) is 0.294. The Balaban J connectivity index is 1.67. The highest BCUT2D eigenvalue weighted by Crippen LogP contribution is 2.32. The van der Waals surface area contributed by atoms with Gasteiger partial charge in [0.05, 0.1) is 0 Å². The molecule has 0 saturated carbocycles. The van der Waals surface area contributed by atoms with E-state index in [1.807, 2.05) is 42.5 Å². The van der Waals surface area contributed by atoms with Crippen molar-refractivity contribution in [3.63, 3.8) is 0 Å². The second-order valence-electron chi connectivity index (χ2n) is 5.14. The van der Waals surface area contributed by atoms with E-state index in [0.717, 1.165) is 30.5 Å². The molecular weight excluding hydrogens is 250 g/mol. The molecule has 0 radical (unpaired) electrons. The monoisotopic (exact) mass is 269 g/mol. The normalized spacial score (nSPS) is 18.1. The number of ether oxygens (including phenoxy) is 1. The van der Waals surface area contributed by atoms with Crippen LogP contribution in [0.1, 0.15) is 30.0 Å². The topological polar surface area (TPSA) is 41.5 Å². The lowest BCUT2D eigenvalue weighted by Gasteiger charge is -2.14. The predicted octanol–water partition coefficient (Wildman–Crippen LogP) is 3.40. The van der Waals surface area contributed by atoms with Crippen LogP contribution in [0.5, 0.6) is 11.5 Å². The molecule has 2 aromatic rings. The van der Waals surface area contributed by atoms with Crippen molar-refractivity contribution in [3.05, 3.63) is 59.7 Å². The molecule has 0 aromatic heterocycles. The first kappa shape index (κ1) is 13.0. The van der Waals surface area contributed by atoms with Crippen molar-refractivity contribution in [2.45, 2.75) is 25.5 Å². The van der Waals surface area contributed by atoms with Crippen LogP contribution in [0.3, 0.4) is 0 Å². The van der Waals surface area contributed by atoms with Gasteiger partial charge in [-0.25, -0.2) is 0 Å². The van der Waals surface area contributed by atoms with E-state index in [1.165, 1.54) is 0 Å². The van der Waals surface area contributed by atoms with E-state index in [-0.39, 0.29) is 6.04 Å². The summed E-state index contributed by atoms with van der Waals surface area (Å²) in [5, 5.41) is 13.5. The van der Waals surface area contributed by atoms with Crippen LogP contribution in [0.2, 0.25) is 0 Å². The molecular formula is C17H19NO2. The lowest BCUT2D eigenvalue weighted by molar-refractivity contribution is 0.304. The summed E-state index contributed by atoms with van der Waals surface area (Å²) < 4.78 is 5.71. The second-order valence-corrected chi connectivity index (χ2v) is 5.14. The Morgan fingerprint density at radius 3 is 2.70 bits per heavy atom. The first-order valence-corrected chi connectivity index (χ1v) is 7.06. The number of phenols is 1. The fourth-order valence-corrected chi connectivity index (χ4v) is 2.60. The van der Waals surface area contributed by atoms with Crippen LogP contribution in [0, 0.1) is 0 Å². The molecule has 0 amide bonds. The highest BCUT2D eigenvalue weighted by atomic mass is 16.5. The summed E-state index contributed by atoms with van der Waals surface area (Å²) in [7, 11) is 0. The quantitative estimate of drug-likeness (QED) is 0.894. The van der Waals surface area contributed by atoms with Crippen molar-refractivity contribution >= 4 is 0 Å². The van der Waals surface area contributed by atoms with Crippen molar-refractivity contribution in [2.24, 2.45) is 0 Å². The minimum absolute atomic E-state index is 0.276. The molecule has 3 heteroatoms. The van der Waals surface area contributed by atoms with Gasteiger partial charge in [0, 0.05) is 17.7 Å². The van der Waals surface area contributed by atoms with Crippen molar-refractivity contribution in [1.82, 2.24) is 5.32 Å². The summed E-state index contributed by atoms with van der Waals surface area (Å²) in [5.74, 6) is 1.02. The third-order valence-electron chi connectivity index (χ3n) is 3.69. The SMILES string of the molecule is Oc1cc(OCc2ccccc2)ccc1C1CCCN1. The second kappa shape index (κ2) is 5.97. The van der Waals surface area contributed by atoms with Crippen LogP contribution >= 0.6 is 0 Å². The van der Waals surface area contributed by atoms with E-state index in [9.17, 15) is 5.11 Å². The van der Waals surface area contributed by atoms with Gasteiger partial charge >= 0.3 is 0 Å². The van der Waals surface area contributed by atoms with Crippen LogP contribution in [0.4, 0.5) is 0 Å². The fourth-order valence-electron chi connectivity index (χ4n) is 2.60. The molecule has 1 aliphatic rings. The Kier molecular flexibility index (Phi) is 3.88. The summed E-state index contributed by atoms with van der Waals surface area (Å²) in [4.78, 5) is 0. The Hall–Kier alpha value is -2.00. The summed E-state index contributed by atoms with van der Waals surface area (Å²) in [5.41, 5.74) is 2.09. The summed E-state index contributed by atoms with van der Waals surface area (Å²) in [6.07, 6.45) is 2.24. The van der Waals surface area contributed by atoms with Crippen molar-refractivity contribution < 1.29 is 9.84 Å². The van der Waals surface area contributed by atoms with Gasteiger partial charge < -0.3 is 15.2 Å². The third kappa shape index (κ3) is 2.94. The average Bonchev–Trinajstić information content (AvgIpc) is 3.00. The number of hydrogen-bond acceptors (Lipinski definition) is 3. The largest absolute Gasteiger partial charge is 0.507 e. The first-order chi connectivity index (χ1) is 9.83. The van der Waals surface area contributed by atoms with Crippen LogP contribution in [-0.2, 0) is 6.61 Å². The maximum Gasteiger partial charge on any atom is 0.124 e. The van der Waals surface area contributed by atoms with E-state index in [2.05, 4.69) is 5.32 Å². The minimum atomic E-state index is 0.276. The molecule has 1 fully saturated rings. The van der Waals surface area contributed by atoms with Crippen LogP contribution in [0.25, 0.3) is 0 Å². The van der Waals surface area contributed by atoms with Crippen LogP contribution < -0.4 is 10.1 Å². The number of phenolic OH excluding ortho intramolecular Hbond substituents is 1. The molecule has 1 unspecified atom stereocenters.